The van der Waals surface area contributed by atoms with Crippen molar-refractivity contribution in [1.29, 1.82) is 0 Å². The van der Waals surface area contributed by atoms with Crippen molar-refractivity contribution in [3.63, 3.8) is 0 Å². The van der Waals surface area contributed by atoms with E-state index in [0.29, 0.717) is 19.1 Å². The molecule has 0 aromatic heterocycles. The highest BCUT2D eigenvalue weighted by atomic mass is 32.2. The van der Waals surface area contributed by atoms with Crippen LogP contribution in [-0.4, -0.2) is 74.7 Å². The second kappa shape index (κ2) is 9.15. The zero-order valence-corrected chi connectivity index (χ0v) is 14.4. The molecule has 21 heavy (non-hydrogen) atoms. The fraction of sp³-hybridized carbons (Fsp3) is 0.857. The minimum absolute atomic E-state index is 0.00991. The van der Waals surface area contributed by atoms with E-state index in [1.807, 2.05) is 11.8 Å². The number of methoxy groups -OCH3 is 1. The summed E-state index contributed by atoms with van der Waals surface area (Å²) >= 11 is 2.00. The molecule has 0 radical (unpaired) electrons. The zero-order valence-electron chi connectivity index (χ0n) is 13.6. The summed E-state index contributed by atoms with van der Waals surface area (Å²) in [7, 11) is 5.14. The maximum absolute atomic E-state index is 11.6. The van der Waals surface area contributed by atoms with Gasteiger partial charge in [-0.05, 0) is 25.5 Å². The Labute approximate surface area is 132 Å². The molecular formula is C14H28N4O2S. The van der Waals surface area contributed by atoms with Gasteiger partial charge in [0.25, 0.3) is 0 Å². The molecule has 6 nitrogen and oxygen atoms in total. The maximum Gasteiger partial charge on any atom is 0.243 e. The van der Waals surface area contributed by atoms with Gasteiger partial charge in [0, 0.05) is 39.0 Å². The van der Waals surface area contributed by atoms with Gasteiger partial charge in [-0.15, -0.1) is 0 Å². The number of likely N-dealkylation sites (N-methyl/N-ethyl adjacent to an activating group) is 1. The zero-order chi connectivity index (χ0) is 15.7. The number of ether oxygens (including phenoxy) is 1. The number of hydrogen-bond donors (Lipinski definition) is 2. The third-order valence-corrected chi connectivity index (χ3v) is 4.94. The molecule has 1 fully saturated rings. The fourth-order valence-corrected chi connectivity index (χ4v) is 3.23. The van der Waals surface area contributed by atoms with Crippen molar-refractivity contribution in [2.75, 3.05) is 53.2 Å². The van der Waals surface area contributed by atoms with Crippen LogP contribution < -0.4 is 10.6 Å². The number of carbonyl (C=O) groups is 1. The van der Waals surface area contributed by atoms with Gasteiger partial charge in [0.1, 0.15) is 6.54 Å². The van der Waals surface area contributed by atoms with E-state index in [1.165, 1.54) is 18.6 Å². The Hall–Kier alpha value is -0.950. The molecule has 0 spiro atoms. The van der Waals surface area contributed by atoms with Crippen LogP contribution in [0.25, 0.3) is 0 Å². The number of nitrogens with zero attached hydrogens (tertiary/aromatic N) is 2. The Balaban J connectivity index is 2.50. The van der Waals surface area contributed by atoms with Gasteiger partial charge in [0.2, 0.25) is 5.91 Å². The molecule has 7 heteroatoms. The molecule has 2 N–H and O–H groups in total. The normalized spacial score (nSPS) is 22.2. The average molecular weight is 316 g/mol. The molecule has 1 atom stereocenters. The third-order valence-electron chi connectivity index (χ3n) is 3.40. The predicted octanol–water partition coefficient (Wildman–Crippen LogP) is 0.542. The van der Waals surface area contributed by atoms with Crippen LogP contribution in [0.5, 0.6) is 0 Å². The van der Waals surface area contributed by atoms with E-state index in [9.17, 15) is 4.79 Å². The summed E-state index contributed by atoms with van der Waals surface area (Å²) < 4.78 is 5.29. The molecule has 1 amide bonds. The summed E-state index contributed by atoms with van der Waals surface area (Å²) in [5.74, 6) is 1.89. The molecule has 1 saturated heterocycles. The van der Waals surface area contributed by atoms with Crippen LogP contribution in [0, 0.1) is 0 Å². The Morgan fingerprint density at radius 3 is 2.76 bits per heavy atom. The molecule has 0 aliphatic carbocycles. The number of thioether (sulfide) groups is 1. The number of carbonyl (C=O) groups excluding carboxylic acids is 1. The summed E-state index contributed by atoms with van der Waals surface area (Å²) in [4.78, 5) is 17.5. The highest BCUT2D eigenvalue weighted by molar-refractivity contribution is 8.00. The van der Waals surface area contributed by atoms with E-state index < -0.39 is 0 Å². The Kier molecular flexibility index (Phi) is 7.88. The van der Waals surface area contributed by atoms with Crippen molar-refractivity contribution in [2.24, 2.45) is 4.99 Å². The fourth-order valence-electron chi connectivity index (χ4n) is 1.98. The van der Waals surface area contributed by atoms with Gasteiger partial charge in [-0.3, -0.25) is 4.79 Å². The summed E-state index contributed by atoms with van der Waals surface area (Å²) in [5, 5.41) is 6.54. The summed E-state index contributed by atoms with van der Waals surface area (Å²) in [5.41, 5.74) is 0. The van der Waals surface area contributed by atoms with Crippen LogP contribution in [0.3, 0.4) is 0 Å². The minimum atomic E-state index is -0.00991. The van der Waals surface area contributed by atoms with Crippen LogP contribution in [0.15, 0.2) is 4.99 Å². The lowest BCUT2D eigenvalue weighted by atomic mass is 10.1. The lowest BCUT2D eigenvalue weighted by Gasteiger charge is -2.24. The molecule has 1 aliphatic heterocycles. The topological polar surface area (TPSA) is 66.0 Å². The molecule has 1 aliphatic rings. The lowest BCUT2D eigenvalue weighted by molar-refractivity contribution is -0.127. The lowest BCUT2D eigenvalue weighted by Crippen LogP contribution is -2.45. The van der Waals surface area contributed by atoms with Crippen LogP contribution in [0.2, 0.25) is 0 Å². The molecule has 1 heterocycles. The SMILES string of the molecule is COCCNC(=NCC(=O)N(C)C)NCC1(C)CCCS1. The van der Waals surface area contributed by atoms with E-state index in [-0.39, 0.29) is 17.2 Å². The quantitative estimate of drug-likeness (QED) is 0.408. The van der Waals surface area contributed by atoms with Crippen molar-refractivity contribution in [3.05, 3.63) is 0 Å². The Bertz CT molecular complexity index is 355. The first-order chi connectivity index (χ1) is 9.97. The predicted molar refractivity (Wildman–Crippen MR) is 89.0 cm³/mol. The first-order valence-electron chi connectivity index (χ1n) is 7.32. The monoisotopic (exact) mass is 316 g/mol. The number of guanidine groups is 1. The van der Waals surface area contributed by atoms with E-state index in [4.69, 9.17) is 4.74 Å². The van der Waals surface area contributed by atoms with Gasteiger partial charge < -0.3 is 20.3 Å². The molecule has 0 aromatic rings. The smallest absolute Gasteiger partial charge is 0.243 e. The van der Waals surface area contributed by atoms with Gasteiger partial charge >= 0.3 is 0 Å². The van der Waals surface area contributed by atoms with Crippen LogP contribution in [0.1, 0.15) is 19.8 Å². The van der Waals surface area contributed by atoms with E-state index >= 15 is 0 Å². The molecular weight excluding hydrogens is 288 g/mol. The minimum Gasteiger partial charge on any atom is -0.383 e. The molecule has 1 rings (SSSR count). The molecule has 1 unspecified atom stereocenters. The highest BCUT2D eigenvalue weighted by Gasteiger charge is 2.29. The summed E-state index contributed by atoms with van der Waals surface area (Å²) in [6.07, 6.45) is 2.48. The Morgan fingerprint density at radius 2 is 2.19 bits per heavy atom. The van der Waals surface area contributed by atoms with Crippen LogP contribution in [-0.2, 0) is 9.53 Å². The second-order valence-electron chi connectivity index (χ2n) is 5.63. The number of hydrogen-bond acceptors (Lipinski definition) is 4. The molecule has 122 valence electrons. The third kappa shape index (κ3) is 7.04. The van der Waals surface area contributed by atoms with E-state index in [1.54, 1.807) is 26.1 Å². The van der Waals surface area contributed by atoms with Gasteiger partial charge in [0.05, 0.1) is 6.61 Å². The molecule has 0 bridgehead atoms. The number of aliphatic imine (C=N–C) groups is 1. The van der Waals surface area contributed by atoms with E-state index in [2.05, 4.69) is 22.5 Å². The summed E-state index contributed by atoms with van der Waals surface area (Å²) in [6.45, 7) is 4.55. The summed E-state index contributed by atoms with van der Waals surface area (Å²) in [6, 6.07) is 0. The first-order valence-corrected chi connectivity index (χ1v) is 8.31. The van der Waals surface area contributed by atoms with Crippen molar-refractivity contribution in [1.82, 2.24) is 15.5 Å². The van der Waals surface area contributed by atoms with Crippen LogP contribution >= 0.6 is 11.8 Å². The first kappa shape index (κ1) is 18.1. The molecule has 0 saturated carbocycles. The largest absolute Gasteiger partial charge is 0.383 e. The average Bonchev–Trinajstić information content (AvgIpc) is 2.88. The van der Waals surface area contributed by atoms with Crippen molar-refractivity contribution >= 4 is 23.6 Å². The number of amides is 1. The number of nitrogens with one attached hydrogen (secondary N) is 2. The van der Waals surface area contributed by atoms with Crippen molar-refractivity contribution in [3.8, 4) is 0 Å². The second-order valence-corrected chi connectivity index (χ2v) is 7.31. The Morgan fingerprint density at radius 1 is 1.43 bits per heavy atom. The standard InChI is InChI=1S/C14H28N4O2S/c1-14(6-5-9-21-14)11-17-13(15-7-8-20-4)16-10-12(19)18(2)3/h5-11H2,1-4H3,(H2,15,16,17). The van der Waals surface area contributed by atoms with Crippen LogP contribution in [0.4, 0.5) is 0 Å². The van der Waals surface area contributed by atoms with E-state index in [0.717, 1.165) is 6.54 Å². The maximum atomic E-state index is 11.6. The van der Waals surface area contributed by atoms with Gasteiger partial charge in [-0.1, -0.05) is 0 Å². The highest BCUT2D eigenvalue weighted by Crippen LogP contribution is 2.36. The van der Waals surface area contributed by atoms with Crippen molar-refractivity contribution < 1.29 is 9.53 Å². The number of rotatable bonds is 7. The molecule has 0 aromatic carbocycles. The van der Waals surface area contributed by atoms with Gasteiger partial charge in [-0.25, -0.2) is 4.99 Å². The van der Waals surface area contributed by atoms with Crippen molar-refractivity contribution in [2.45, 2.75) is 24.5 Å². The van der Waals surface area contributed by atoms with Gasteiger partial charge in [0.15, 0.2) is 5.96 Å². The van der Waals surface area contributed by atoms with Gasteiger partial charge in [-0.2, -0.15) is 11.8 Å².